The maximum atomic E-state index is 6.22. The van der Waals surface area contributed by atoms with E-state index in [0.717, 1.165) is 25.6 Å². The first-order valence-corrected chi connectivity index (χ1v) is 9.40. The van der Waals surface area contributed by atoms with E-state index in [4.69, 9.17) is 4.74 Å². The van der Waals surface area contributed by atoms with Crippen molar-refractivity contribution in [2.24, 2.45) is 22.2 Å². The van der Waals surface area contributed by atoms with Crippen molar-refractivity contribution in [3.8, 4) is 0 Å². The van der Waals surface area contributed by atoms with Gasteiger partial charge in [-0.1, -0.05) is 55.4 Å². The first-order valence-electron chi connectivity index (χ1n) is 9.40. The van der Waals surface area contributed by atoms with Crippen LogP contribution in [0.4, 0.5) is 0 Å². The average Bonchev–Trinajstić information content (AvgIpc) is 2.23. The van der Waals surface area contributed by atoms with E-state index >= 15 is 0 Å². The molecular weight excluding hydrogens is 284 g/mol. The standard InChI is InChI=1S/C20H40N2O/c1-18(2,3)13-21-9-16(10-21)20(7,8)15-23-17-11-22(12-17)14-19(4,5)6/h16-17H,9-15H2,1-8H3. The molecule has 0 atom stereocenters. The molecule has 0 aromatic rings. The maximum Gasteiger partial charge on any atom is 0.0828 e. The molecule has 0 aliphatic carbocycles. The molecule has 0 bridgehead atoms. The number of likely N-dealkylation sites (tertiary alicyclic amines) is 2. The second-order valence-electron chi connectivity index (χ2n) is 11.1. The fourth-order valence-corrected chi connectivity index (χ4v) is 3.74. The average molecular weight is 325 g/mol. The van der Waals surface area contributed by atoms with Gasteiger partial charge < -0.3 is 9.64 Å². The van der Waals surface area contributed by atoms with Gasteiger partial charge in [-0.3, -0.25) is 4.90 Å². The van der Waals surface area contributed by atoms with E-state index in [1.54, 1.807) is 0 Å². The molecule has 2 heterocycles. The van der Waals surface area contributed by atoms with E-state index in [2.05, 4.69) is 65.2 Å². The molecule has 0 radical (unpaired) electrons. The van der Waals surface area contributed by atoms with Crippen LogP contribution in [-0.4, -0.2) is 61.8 Å². The second kappa shape index (κ2) is 6.65. The lowest BCUT2D eigenvalue weighted by Gasteiger charge is -2.50. The van der Waals surface area contributed by atoms with E-state index < -0.39 is 0 Å². The number of rotatable bonds is 6. The summed E-state index contributed by atoms with van der Waals surface area (Å²) in [6.45, 7) is 26.7. The first kappa shape index (κ1) is 19.2. The third-order valence-corrected chi connectivity index (χ3v) is 5.07. The topological polar surface area (TPSA) is 15.7 Å². The quantitative estimate of drug-likeness (QED) is 0.740. The Balaban J connectivity index is 1.63. The van der Waals surface area contributed by atoms with E-state index in [0.29, 0.717) is 22.3 Å². The normalized spacial score (nSPS) is 23.0. The van der Waals surface area contributed by atoms with Gasteiger partial charge in [-0.05, 0) is 22.2 Å². The van der Waals surface area contributed by atoms with Gasteiger partial charge in [-0.25, -0.2) is 0 Å². The highest BCUT2D eigenvalue weighted by Crippen LogP contribution is 2.36. The molecule has 3 heteroatoms. The molecule has 0 amide bonds. The summed E-state index contributed by atoms with van der Waals surface area (Å²) in [5.74, 6) is 0.788. The lowest BCUT2D eigenvalue weighted by molar-refractivity contribution is -0.112. The van der Waals surface area contributed by atoms with Crippen molar-refractivity contribution in [3.63, 3.8) is 0 Å². The molecule has 0 saturated carbocycles. The van der Waals surface area contributed by atoms with Crippen LogP contribution in [0, 0.1) is 22.2 Å². The van der Waals surface area contributed by atoms with E-state index in [1.807, 2.05) is 0 Å². The Labute approximate surface area is 144 Å². The molecule has 2 aliphatic rings. The zero-order valence-electron chi connectivity index (χ0n) is 16.9. The second-order valence-corrected chi connectivity index (χ2v) is 11.1. The highest BCUT2D eigenvalue weighted by atomic mass is 16.5. The van der Waals surface area contributed by atoms with E-state index in [-0.39, 0.29) is 0 Å². The van der Waals surface area contributed by atoms with E-state index in [9.17, 15) is 0 Å². The van der Waals surface area contributed by atoms with Crippen molar-refractivity contribution in [2.75, 3.05) is 45.9 Å². The summed E-state index contributed by atoms with van der Waals surface area (Å²) < 4.78 is 6.22. The Morgan fingerprint density at radius 3 is 1.61 bits per heavy atom. The zero-order valence-corrected chi connectivity index (χ0v) is 16.9. The molecule has 23 heavy (non-hydrogen) atoms. The summed E-state index contributed by atoms with van der Waals surface area (Å²) in [6, 6.07) is 0. The van der Waals surface area contributed by atoms with Crippen LogP contribution in [0.1, 0.15) is 55.4 Å². The predicted molar refractivity (Wildman–Crippen MR) is 98.8 cm³/mol. The Bertz CT molecular complexity index is 379. The Morgan fingerprint density at radius 1 is 0.739 bits per heavy atom. The Morgan fingerprint density at radius 2 is 1.17 bits per heavy atom. The molecule has 3 nitrogen and oxygen atoms in total. The van der Waals surface area contributed by atoms with Crippen molar-refractivity contribution in [1.82, 2.24) is 9.80 Å². The molecule has 2 rings (SSSR count). The third kappa shape index (κ3) is 6.03. The lowest BCUT2D eigenvalue weighted by Crippen LogP contribution is -2.58. The molecule has 0 N–H and O–H groups in total. The van der Waals surface area contributed by atoms with Crippen molar-refractivity contribution in [3.05, 3.63) is 0 Å². The van der Waals surface area contributed by atoms with Gasteiger partial charge in [0.15, 0.2) is 0 Å². The minimum atomic E-state index is 0.304. The van der Waals surface area contributed by atoms with Gasteiger partial charge in [0.1, 0.15) is 0 Å². The van der Waals surface area contributed by atoms with E-state index in [1.165, 1.54) is 26.2 Å². The minimum Gasteiger partial charge on any atom is -0.375 e. The highest BCUT2D eigenvalue weighted by Gasteiger charge is 2.41. The van der Waals surface area contributed by atoms with Gasteiger partial charge in [0.2, 0.25) is 0 Å². The summed E-state index contributed by atoms with van der Waals surface area (Å²) >= 11 is 0. The van der Waals surface area contributed by atoms with Crippen LogP contribution in [0.5, 0.6) is 0 Å². The largest absolute Gasteiger partial charge is 0.375 e. The summed E-state index contributed by atoms with van der Waals surface area (Å²) in [4.78, 5) is 5.12. The van der Waals surface area contributed by atoms with Crippen LogP contribution >= 0.6 is 0 Å². The number of hydrogen-bond acceptors (Lipinski definition) is 3. The maximum absolute atomic E-state index is 6.22. The number of ether oxygens (including phenoxy) is 1. The van der Waals surface area contributed by atoms with Gasteiger partial charge in [0, 0.05) is 39.3 Å². The van der Waals surface area contributed by atoms with Gasteiger partial charge in [-0.15, -0.1) is 0 Å². The summed E-state index contributed by atoms with van der Waals surface area (Å²) in [5.41, 5.74) is 1.11. The van der Waals surface area contributed by atoms with Crippen LogP contribution in [-0.2, 0) is 4.74 Å². The number of nitrogens with zero attached hydrogens (tertiary/aromatic N) is 2. The van der Waals surface area contributed by atoms with Crippen molar-refractivity contribution in [2.45, 2.75) is 61.5 Å². The molecular formula is C20H40N2O. The fourth-order valence-electron chi connectivity index (χ4n) is 3.74. The highest BCUT2D eigenvalue weighted by molar-refractivity contribution is 4.92. The third-order valence-electron chi connectivity index (χ3n) is 5.07. The summed E-state index contributed by atoms with van der Waals surface area (Å²) in [5, 5.41) is 0. The summed E-state index contributed by atoms with van der Waals surface area (Å²) in [6.07, 6.45) is 0.461. The lowest BCUT2D eigenvalue weighted by atomic mass is 9.74. The van der Waals surface area contributed by atoms with Crippen molar-refractivity contribution < 1.29 is 4.74 Å². The van der Waals surface area contributed by atoms with Crippen LogP contribution in [0.3, 0.4) is 0 Å². The molecule has 2 fully saturated rings. The smallest absolute Gasteiger partial charge is 0.0828 e. The molecule has 0 aromatic heterocycles. The van der Waals surface area contributed by atoms with Gasteiger partial charge in [0.05, 0.1) is 12.7 Å². The van der Waals surface area contributed by atoms with Gasteiger partial charge in [0.25, 0.3) is 0 Å². The molecule has 0 spiro atoms. The fraction of sp³-hybridized carbons (Fsp3) is 1.00. The molecule has 0 unspecified atom stereocenters. The molecule has 2 saturated heterocycles. The van der Waals surface area contributed by atoms with Gasteiger partial charge >= 0.3 is 0 Å². The van der Waals surface area contributed by atoms with Crippen LogP contribution in [0.15, 0.2) is 0 Å². The minimum absolute atomic E-state index is 0.304. The Kier molecular flexibility index (Phi) is 5.55. The summed E-state index contributed by atoms with van der Waals surface area (Å²) in [7, 11) is 0. The van der Waals surface area contributed by atoms with Crippen molar-refractivity contribution >= 4 is 0 Å². The van der Waals surface area contributed by atoms with Gasteiger partial charge in [-0.2, -0.15) is 0 Å². The van der Waals surface area contributed by atoms with Crippen molar-refractivity contribution in [1.29, 1.82) is 0 Å². The SMILES string of the molecule is CC(C)(C)CN1CC(OCC(C)(C)C2CN(CC(C)(C)C)C2)C1. The number of hydrogen-bond donors (Lipinski definition) is 0. The molecule has 136 valence electrons. The van der Waals surface area contributed by atoms with Crippen LogP contribution in [0.2, 0.25) is 0 Å². The first-order chi connectivity index (χ1) is 10.3. The zero-order chi connectivity index (χ0) is 17.5. The predicted octanol–water partition coefficient (Wildman–Crippen LogP) is 3.74. The monoisotopic (exact) mass is 324 g/mol. The van der Waals surface area contributed by atoms with Crippen LogP contribution < -0.4 is 0 Å². The Hall–Kier alpha value is -0.120. The van der Waals surface area contributed by atoms with Crippen LogP contribution in [0.25, 0.3) is 0 Å². The molecule has 2 aliphatic heterocycles. The molecule has 0 aromatic carbocycles.